The van der Waals surface area contributed by atoms with Gasteiger partial charge in [-0.3, -0.25) is 0 Å². The summed E-state index contributed by atoms with van der Waals surface area (Å²) < 4.78 is 5.59. The number of nitrogen functional groups attached to an aromatic ring is 1. The van der Waals surface area contributed by atoms with Gasteiger partial charge < -0.3 is 15.5 Å². The highest BCUT2D eigenvalue weighted by Gasteiger charge is 2.07. The lowest BCUT2D eigenvalue weighted by atomic mass is 10.3. The zero-order chi connectivity index (χ0) is 12.5. The predicted molar refractivity (Wildman–Crippen MR) is 72.0 cm³/mol. The lowest BCUT2D eigenvalue weighted by Crippen LogP contribution is -1.86. The number of nitrogens with one attached hydrogen (secondary N) is 1. The summed E-state index contributed by atoms with van der Waals surface area (Å²) in [6.45, 7) is 0. The van der Waals surface area contributed by atoms with Crippen LogP contribution in [0.5, 0.6) is 11.8 Å². The Hall–Kier alpha value is -2.20. The Morgan fingerprint density at radius 3 is 2.83 bits per heavy atom. The van der Waals surface area contributed by atoms with Crippen LogP contribution in [0.3, 0.4) is 0 Å². The normalized spacial score (nSPS) is 10.7. The van der Waals surface area contributed by atoms with E-state index in [-0.39, 0.29) is 0 Å². The van der Waals surface area contributed by atoms with Crippen molar-refractivity contribution in [3.63, 3.8) is 0 Å². The van der Waals surface area contributed by atoms with Gasteiger partial charge in [0.05, 0.1) is 16.1 Å². The van der Waals surface area contributed by atoms with Crippen LogP contribution in [0.25, 0.3) is 11.0 Å². The second-order valence-electron chi connectivity index (χ2n) is 3.85. The van der Waals surface area contributed by atoms with Crippen molar-refractivity contribution < 1.29 is 4.74 Å². The molecule has 0 fully saturated rings. The summed E-state index contributed by atoms with van der Waals surface area (Å²) in [6, 6.07) is 13.1. The molecule has 3 rings (SSSR count). The standard InChI is InChI=1S/C13H10ClN3O/c14-9-3-1-2-4-12(9)18-13-16-10-6-5-8(15)7-11(10)17-13/h1-7H,15H2,(H,16,17). The molecule has 3 N–H and O–H groups in total. The second kappa shape index (κ2) is 4.23. The molecule has 0 spiro atoms. The third kappa shape index (κ3) is 1.98. The average Bonchev–Trinajstić information content (AvgIpc) is 2.73. The Labute approximate surface area is 108 Å². The molecular formula is C13H10ClN3O. The number of anilines is 1. The lowest BCUT2D eigenvalue weighted by Gasteiger charge is -2.02. The van der Waals surface area contributed by atoms with Gasteiger partial charge in [-0.05, 0) is 30.3 Å². The van der Waals surface area contributed by atoms with Crippen LogP contribution >= 0.6 is 11.6 Å². The van der Waals surface area contributed by atoms with Gasteiger partial charge in [-0.25, -0.2) is 0 Å². The molecule has 0 saturated carbocycles. The third-order valence-electron chi connectivity index (χ3n) is 2.53. The summed E-state index contributed by atoms with van der Waals surface area (Å²) in [5.74, 6) is 0.561. The summed E-state index contributed by atoms with van der Waals surface area (Å²) in [4.78, 5) is 7.34. The molecule has 0 saturated heterocycles. The Morgan fingerprint density at radius 2 is 2.00 bits per heavy atom. The summed E-state index contributed by atoms with van der Waals surface area (Å²) in [6.07, 6.45) is 0. The van der Waals surface area contributed by atoms with Crippen LogP contribution in [0, 0.1) is 0 Å². The van der Waals surface area contributed by atoms with Crippen molar-refractivity contribution in [3.05, 3.63) is 47.5 Å². The van der Waals surface area contributed by atoms with Gasteiger partial charge in [-0.15, -0.1) is 0 Å². The van der Waals surface area contributed by atoms with Crippen LogP contribution in [0.2, 0.25) is 5.02 Å². The number of aromatic amines is 1. The van der Waals surface area contributed by atoms with E-state index in [1.807, 2.05) is 24.3 Å². The Kier molecular flexibility index (Phi) is 2.57. The number of fused-ring (bicyclic) bond motifs is 1. The van der Waals surface area contributed by atoms with E-state index in [2.05, 4.69) is 9.97 Å². The van der Waals surface area contributed by atoms with Crippen LogP contribution in [-0.4, -0.2) is 9.97 Å². The number of nitrogens with zero attached hydrogens (tertiary/aromatic N) is 1. The van der Waals surface area contributed by atoms with E-state index in [0.717, 1.165) is 11.0 Å². The van der Waals surface area contributed by atoms with Gasteiger partial charge in [0, 0.05) is 5.69 Å². The molecule has 0 atom stereocenters. The zero-order valence-corrected chi connectivity index (χ0v) is 10.1. The van der Waals surface area contributed by atoms with E-state index >= 15 is 0 Å². The van der Waals surface area contributed by atoms with Crippen LogP contribution in [0.15, 0.2) is 42.5 Å². The predicted octanol–water partition coefficient (Wildman–Crippen LogP) is 3.59. The lowest BCUT2D eigenvalue weighted by molar-refractivity contribution is 0.449. The molecule has 1 heterocycles. The van der Waals surface area contributed by atoms with Gasteiger partial charge in [0.25, 0.3) is 6.01 Å². The first-order chi connectivity index (χ1) is 8.72. The molecule has 90 valence electrons. The number of ether oxygens (including phenoxy) is 1. The summed E-state index contributed by atoms with van der Waals surface area (Å²) in [5, 5.41) is 0.539. The molecular weight excluding hydrogens is 250 g/mol. The SMILES string of the molecule is Nc1ccc2nc(Oc3ccccc3Cl)[nH]c2c1. The van der Waals surface area contributed by atoms with E-state index in [9.17, 15) is 0 Å². The minimum Gasteiger partial charge on any atom is -0.424 e. The average molecular weight is 260 g/mol. The van der Waals surface area contributed by atoms with E-state index in [1.165, 1.54) is 0 Å². The number of hydrogen-bond donors (Lipinski definition) is 2. The molecule has 5 heteroatoms. The minimum absolute atomic E-state index is 0.392. The highest BCUT2D eigenvalue weighted by Crippen LogP contribution is 2.28. The number of para-hydroxylation sites is 1. The van der Waals surface area contributed by atoms with Gasteiger partial charge >= 0.3 is 0 Å². The molecule has 3 aromatic rings. The minimum atomic E-state index is 0.392. The van der Waals surface area contributed by atoms with Crippen molar-refractivity contribution >= 4 is 28.3 Å². The highest BCUT2D eigenvalue weighted by atomic mass is 35.5. The summed E-state index contributed by atoms with van der Waals surface area (Å²) >= 11 is 6.01. The van der Waals surface area contributed by atoms with Crippen molar-refractivity contribution in [1.29, 1.82) is 0 Å². The first kappa shape index (κ1) is 10.9. The molecule has 0 aliphatic heterocycles. The molecule has 0 bridgehead atoms. The van der Waals surface area contributed by atoms with Crippen molar-refractivity contribution in [2.45, 2.75) is 0 Å². The number of benzene rings is 2. The van der Waals surface area contributed by atoms with Gasteiger partial charge in [0.1, 0.15) is 5.75 Å². The van der Waals surface area contributed by atoms with Crippen molar-refractivity contribution in [2.75, 3.05) is 5.73 Å². The third-order valence-corrected chi connectivity index (χ3v) is 2.84. The van der Waals surface area contributed by atoms with E-state index in [0.29, 0.717) is 22.5 Å². The molecule has 4 nitrogen and oxygen atoms in total. The fraction of sp³-hybridized carbons (Fsp3) is 0. The number of aromatic nitrogens is 2. The maximum absolute atomic E-state index is 6.01. The van der Waals surface area contributed by atoms with Crippen molar-refractivity contribution in [2.24, 2.45) is 0 Å². The first-order valence-electron chi connectivity index (χ1n) is 5.40. The maximum atomic E-state index is 6.01. The topological polar surface area (TPSA) is 63.9 Å². The Balaban J connectivity index is 1.98. The maximum Gasteiger partial charge on any atom is 0.300 e. The fourth-order valence-corrected chi connectivity index (χ4v) is 1.86. The van der Waals surface area contributed by atoms with Gasteiger partial charge in [-0.1, -0.05) is 23.7 Å². The number of hydrogen-bond acceptors (Lipinski definition) is 3. The summed E-state index contributed by atoms with van der Waals surface area (Å²) in [7, 11) is 0. The molecule has 0 aliphatic rings. The number of nitrogens with two attached hydrogens (primary N) is 1. The second-order valence-corrected chi connectivity index (χ2v) is 4.26. The van der Waals surface area contributed by atoms with Gasteiger partial charge in [0.2, 0.25) is 0 Å². The van der Waals surface area contributed by atoms with Crippen LogP contribution in [0.4, 0.5) is 5.69 Å². The fourth-order valence-electron chi connectivity index (χ4n) is 1.68. The highest BCUT2D eigenvalue weighted by molar-refractivity contribution is 6.32. The van der Waals surface area contributed by atoms with Crippen LogP contribution < -0.4 is 10.5 Å². The largest absolute Gasteiger partial charge is 0.424 e. The molecule has 0 radical (unpaired) electrons. The number of halogens is 1. The summed E-state index contributed by atoms with van der Waals surface area (Å²) in [5.41, 5.74) is 8.00. The molecule has 0 amide bonds. The van der Waals surface area contributed by atoms with Gasteiger partial charge in [0.15, 0.2) is 0 Å². The quantitative estimate of drug-likeness (QED) is 0.691. The van der Waals surface area contributed by atoms with Crippen molar-refractivity contribution in [3.8, 4) is 11.8 Å². The monoisotopic (exact) mass is 259 g/mol. The molecule has 1 aromatic heterocycles. The molecule has 2 aromatic carbocycles. The van der Waals surface area contributed by atoms with E-state index in [1.54, 1.807) is 18.2 Å². The molecule has 0 unspecified atom stereocenters. The Morgan fingerprint density at radius 1 is 1.17 bits per heavy atom. The number of imidazole rings is 1. The van der Waals surface area contributed by atoms with E-state index < -0.39 is 0 Å². The Bertz CT molecular complexity index is 708. The van der Waals surface area contributed by atoms with Gasteiger partial charge in [-0.2, -0.15) is 4.98 Å². The molecule has 18 heavy (non-hydrogen) atoms. The number of rotatable bonds is 2. The van der Waals surface area contributed by atoms with Crippen LogP contribution in [-0.2, 0) is 0 Å². The first-order valence-corrected chi connectivity index (χ1v) is 5.78. The molecule has 0 aliphatic carbocycles. The van der Waals surface area contributed by atoms with Crippen LogP contribution in [0.1, 0.15) is 0 Å². The van der Waals surface area contributed by atoms with Crippen molar-refractivity contribution in [1.82, 2.24) is 9.97 Å². The van der Waals surface area contributed by atoms with E-state index in [4.69, 9.17) is 22.1 Å². The smallest absolute Gasteiger partial charge is 0.300 e. The number of H-pyrrole nitrogens is 1. The zero-order valence-electron chi connectivity index (χ0n) is 9.35.